The van der Waals surface area contributed by atoms with Crippen molar-refractivity contribution in [1.82, 2.24) is 9.72 Å². The van der Waals surface area contributed by atoms with Crippen molar-refractivity contribution in [2.45, 2.75) is 20.8 Å². The Morgan fingerprint density at radius 2 is 1.85 bits per heavy atom. The molecule has 6 nitrogen and oxygen atoms in total. The molecule has 0 saturated carbocycles. The van der Waals surface area contributed by atoms with Crippen molar-refractivity contribution < 1.29 is 18.8 Å². The Labute approximate surface area is 165 Å². The average Bonchev–Trinajstić information content (AvgIpc) is 3.15. The van der Waals surface area contributed by atoms with Crippen LogP contribution in [0.25, 0.3) is 5.82 Å². The lowest BCUT2D eigenvalue weighted by Gasteiger charge is -2.07. The number of nitrogens with zero attached hydrogens (tertiary/aromatic N) is 2. The largest absolute Gasteiger partial charge is 0.454 e. The standard InChI is InChI=1S/C19H16Cl2N2O4/c1-10-6-15(12(3)23(10)18-7-11(2)27-22-18)17(24)9-26-19(25)14-5-4-13(20)8-16(14)21/h4-8H,9H2,1-3H3. The molecule has 8 heteroatoms. The summed E-state index contributed by atoms with van der Waals surface area (Å²) in [5.41, 5.74) is 2.10. The van der Waals surface area contributed by atoms with Crippen LogP contribution in [0.4, 0.5) is 0 Å². The van der Waals surface area contributed by atoms with Gasteiger partial charge in [0.15, 0.2) is 12.4 Å². The molecule has 0 N–H and O–H groups in total. The maximum Gasteiger partial charge on any atom is 0.340 e. The van der Waals surface area contributed by atoms with E-state index in [0.717, 1.165) is 5.69 Å². The van der Waals surface area contributed by atoms with Gasteiger partial charge in [-0.3, -0.25) is 9.36 Å². The predicted molar refractivity (Wildman–Crippen MR) is 101 cm³/mol. The Kier molecular flexibility index (Phi) is 5.39. The third-order valence-corrected chi connectivity index (χ3v) is 4.61. The lowest BCUT2D eigenvalue weighted by atomic mass is 10.1. The van der Waals surface area contributed by atoms with E-state index in [1.54, 1.807) is 26.0 Å². The molecule has 0 atom stereocenters. The van der Waals surface area contributed by atoms with Crippen LogP contribution in [0.5, 0.6) is 0 Å². The quantitative estimate of drug-likeness (QED) is 0.451. The molecule has 0 aliphatic carbocycles. The Morgan fingerprint density at radius 1 is 1.11 bits per heavy atom. The molecular weight excluding hydrogens is 391 g/mol. The van der Waals surface area contributed by atoms with Crippen molar-refractivity contribution in [1.29, 1.82) is 0 Å². The zero-order chi connectivity index (χ0) is 19.7. The maximum atomic E-state index is 12.6. The van der Waals surface area contributed by atoms with Crippen LogP contribution < -0.4 is 0 Å². The van der Waals surface area contributed by atoms with E-state index in [9.17, 15) is 9.59 Å². The molecule has 0 spiro atoms. The van der Waals surface area contributed by atoms with Gasteiger partial charge in [-0.15, -0.1) is 0 Å². The Morgan fingerprint density at radius 3 is 2.48 bits per heavy atom. The lowest BCUT2D eigenvalue weighted by Crippen LogP contribution is -2.15. The summed E-state index contributed by atoms with van der Waals surface area (Å²) in [5.74, 6) is 0.240. The summed E-state index contributed by atoms with van der Waals surface area (Å²) in [6.07, 6.45) is 0. The molecule has 0 saturated heterocycles. The first kappa shape index (κ1) is 19.2. The van der Waals surface area contributed by atoms with E-state index in [-0.39, 0.29) is 16.4 Å². The minimum atomic E-state index is -0.689. The number of aryl methyl sites for hydroxylation is 2. The maximum absolute atomic E-state index is 12.6. The number of Topliss-reactive ketones (excluding diaryl/α,β-unsaturated/α-hetero) is 1. The molecule has 2 aromatic heterocycles. The minimum Gasteiger partial charge on any atom is -0.454 e. The monoisotopic (exact) mass is 406 g/mol. The molecule has 0 radical (unpaired) electrons. The van der Waals surface area contributed by atoms with Gasteiger partial charge in [-0.05, 0) is 45.0 Å². The first-order valence-electron chi connectivity index (χ1n) is 8.06. The summed E-state index contributed by atoms with van der Waals surface area (Å²) in [6, 6.07) is 7.92. The third-order valence-electron chi connectivity index (χ3n) is 4.06. The van der Waals surface area contributed by atoms with Crippen molar-refractivity contribution in [3.8, 4) is 5.82 Å². The van der Waals surface area contributed by atoms with Gasteiger partial charge in [-0.25, -0.2) is 4.79 Å². The molecule has 27 heavy (non-hydrogen) atoms. The first-order valence-corrected chi connectivity index (χ1v) is 8.81. The van der Waals surface area contributed by atoms with E-state index in [1.807, 2.05) is 11.5 Å². The van der Waals surface area contributed by atoms with Gasteiger partial charge in [-0.2, -0.15) is 0 Å². The second kappa shape index (κ2) is 7.58. The van der Waals surface area contributed by atoms with Crippen LogP contribution in [0.1, 0.15) is 37.9 Å². The molecule has 0 aliphatic rings. The molecular formula is C19H16Cl2N2O4. The van der Waals surface area contributed by atoms with E-state index in [4.69, 9.17) is 32.5 Å². The molecule has 1 aromatic carbocycles. The molecule has 0 unspecified atom stereocenters. The minimum absolute atomic E-state index is 0.150. The van der Waals surface area contributed by atoms with E-state index in [2.05, 4.69) is 5.16 Å². The summed E-state index contributed by atoms with van der Waals surface area (Å²) < 4.78 is 12.0. The van der Waals surface area contributed by atoms with E-state index in [0.29, 0.717) is 27.9 Å². The Bertz CT molecular complexity index is 1040. The van der Waals surface area contributed by atoms with Crippen molar-refractivity contribution in [2.24, 2.45) is 0 Å². The highest BCUT2D eigenvalue weighted by Crippen LogP contribution is 2.23. The third kappa shape index (κ3) is 3.91. The van der Waals surface area contributed by atoms with E-state index >= 15 is 0 Å². The highest BCUT2D eigenvalue weighted by molar-refractivity contribution is 6.36. The SMILES string of the molecule is Cc1cc(-n2c(C)cc(C(=O)COC(=O)c3ccc(Cl)cc3Cl)c2C)no1. The second-order valence-corrected chi connectivity index (χ2v) is 6.88. The summed E-state index contributed by atoms with van der Waals surface area (Å²) in [4.78, 5) is 24.7. The number of esters is 1. The van der Waals surface area contributed by atoms with Gasteiger partial charge in [0, 0.05) is 28.0 Å². The number of aromatic nitrogens is 2. The molecule has 3 aromatic rings. The predicted octanol–water partition coefficient (Wildman–Crippen LogP) is 4.74. The number of hydrogen-bond acceptors (Lipinski definition) is 5. The number of rotatable bonds is 5. The number of carbonyl (C=O) groups is 2. The van der Waals surface area contributed by atoms with E-state index < -0.39 is 12.6 Å². The molecule has 0 bridgehead atoms. The summed E-state index contributed by atoms with van der Waals surface area (Å²) >= 11 is 11.8. The number of ether oxygens (including phenoxy) is 1. The van der Waals surface area contributed by atoms with Crippen LogP contribution in [0, 0.1) is 20.8 Å². The highest BCUT2D eigenvalue weighted by Gasteiger charge is 2.20. The number of halogens is 2. The molecule has 0 aliphatic heterocycles. The fourth-order valence-electron chi connectivity index (χ4n) is 2.80. The van der Waals surface area contributed by atoms with Crippen molar-refractivity contribution in [3.05, 3.63) is 68.7 Å². The van der Waals surface area contributed by atoms with Crippen LogP contribution in [-0.4, -0.2) is 28.1 Å². The van der Waals surface area contributed by atoms with Gasteiger partial charge in [0.05, 0.1) is 10.6 Å². The fraction of sp³-hybridized carbons (Fsp3) is 0.211. The summed E-state index contributed by atoms with van der Waals surface area (Å²) in [7, 11) is 0. The van der Waals surface area contributed by atoms with Crippen molar-refractivity contribution in [2.75, 3.05) is 6.61 Å². The Balaban J connectivity index is 1.76. The van der Waals surface area contributed by atoms with Crippen LogP contribution in [0.3, 0.4) is 0 Å². The molecule has 2 heterocycles. The fourth-order valence-corrected chi connectivity index (χ4v) is 3.28. The molecule has 140 valence electrons. The van der Waals surface area contributed by atoms with Gasteiger partial charge in [0.2, 0.25) is 5.78 Å². The molecule has 0 amide bonds. The second-order valence-electron chi connectivity index (χ2n) is 6.04. The smallest absolute Gasteiger partial charge is 0.340 e. The van der Waals surface area contributed by atoms with Gasteiger partial charge >= 0.3 is 5.97 Å². The van der Waals surface area contributed by atoms with Crippen LogP contribution >= 0.6 is 23.2 Å². The van der Waals surface area contributed by atoms with Crippen LogP contribution in [0.2, 0.25) is 10.0 Å². The lowest BCUT2D eigenvalue weighted by molar-refractivity contribution is 0.0474. The number of carbonyl (C=O) groups excluding carboxylic acids is 2. The zero-order valence-electron chi connectivity index (χ0n) is 14.9. The normalized spacial score (nSPS) is 10.9. The molecule has 3 rings (SSSR count). The number of ketones is 1. The summed E-state index contributed by atoms with van der Waals surface area (Å²) in [5, 5.41) is 4.55. The van der Waals surface area contributed by atoms with Crippen LogP contribution in [0.15, 0.2) is 34.9 Å². The first-order chi connectivity index (χ1) is 12.8. The van der Waals surface area contributed by atoms with Crippen molar-refractivity contribution >= 4 is 35.0 Å². The Hall–Kier alpha value is -2.57. The van der Waals surface area contributed by atoms with Crippen molar-refractivity contribution in [3.63, 3.8) is 0 Å². The number of benzene rings is 1. The topological polar surface area (TPSA) is 74.3 Å². The van der Waals surface area contributed by atoms with Crippen LogP contribution in [-0.2, 0) is 4.74 Å². The number of hydrogen-bond donors (Lipinski definition) is 0. The van der Waals surface area contributed by atoms with E-state index in [1.165, 1.54) is 18.2 Å². The van der Waals surface area contributed by atoms with Gasteiger partial charge in [-0.1, -0.05) is 28.4 Å². The average molecular weight is 407 g/mol. The van der Waals surface area contributed by atoms with Gasteiger partial charge in [0.25, 0.3) is 0 Å². The summed E-state index contributed by atoms with van der Waals surface area (Å²) in [6.45, 7) is 5.04. The highest BCUT2D eigenvalue weighted by atomic mass is 35.5. The zero-order valence-corrected chi connectivity index (χ0v) is 16.4. The van der Waals surface area contributed by atoms with Gasteiger partial charge < -0.3 is 9.26 Å². The van der Waals surface area contributed by atoms with Gasteiger partial charge in [0.1, 0.15) is 5.76 Å². The molecule has 0 fully saturated rings.